The summed E-state index contributed by atoms with van der Waals surface area (Å²) < 4.78 is 16.5. The normalized spacial score (nSPS) is 38.7. The first-order valence-electron chi connectivity index (χ1n) is 5.81. The molecule has 2 bridgehead atoms. The largest absolute Gasteiger partial charge is 0.387 e. The van der Waals surface area contributed by atoms with Gasteiger partial charge in [0.25, 0.3) is 0 Å². The number of halogens is 1. The number of fused-ring (bicyclic) bond motifs is 6. The maximum atomic E-state index is 10.0. The fourth-order valence-electron chi connectivity index (χ4n) is 2.03. The van der Waals surface area contributed by atoms with Gasteiger partial charge in [0.2, 0.25) is 0 Å². The first kappa shape index (κ1) is 17.4. The molecule has 5 unspecified atom stereocenters. The summed E-state index contributed by atoms with van der Waals surface area (Å²) >= 11 is 1.11. The van der Waals surface area contributed by atoms with Gasteiger partial charge in [-0.05, 0) is 6.42 Å². The van der Waals surface area contributed by atoms with E-state index in [-0.39, 0.29) is 29.1 Å². The molecule has 3 rings (SSSR count). The summed E-state index contributed by atoms with van der Waals surface area (Å²) in [6, 6.07) is 0. The molecule has 3 saturated heterocycles. The van der Waals surface area contributed by atoms with Crippen LogP contribution in [-0.2, 0) is 14.2 Å². The fourth-order valence-corrected chi connectivity index (χ4v) is 2.65. The average Bonchev–Trinajstić information content (AvgIpc) is 2.47. The minimum atomic E-state index is -1.12. The summed E-state index contributed by atoms with van der Waals surface area (Å²) in [7, 11) is 0. The Morgan fingerprint density at radius 2 is 1.95 bits per heavy atom. The van der Waals surface area contributed by atoms with Crippen molar-refractivity contribution in [1.29, 1.82) is 5.41 Å². The molecule has 0 aliphatic carbocycles. The number of hydrogen-bond acceptors (Lipinski definition) is 7. The maximum absolute atomic E-state index is 10.0. The zero-order chi connectivity index (χ0) is 13.1. The topological polar surface area (TPSA) is 118 Å². The second-order valence-corrected chi connectivity index (χ2v) is 5.32. The minimum Gasteiger partial charge on any atom is -0.387 e. The van der Waals surface area contributed by atoms with E-state index in [2.05, 4.69) is 0 Å². The highest BCUT2D eigenvalue weighted by molar-refractivity contribution is 14.0. The molecule has 5 N–H and O–H groups in total. The maximum Gasteiger partial charge on any atom is 0.186 e. The van der Waals surface area contributed by atoms with Gasteiger partial charge in [-0.3, -0.25) is 5.41 Å². The molecule has 0 saturated carbocycles. The minimum absolute atomic E-state index is 0. The first-order chi connectivity index (χ1) is 8.59. The summed E-state index contributed by atoms with van der Waals surface area (Å²) in [4.78, 5) is 0. The van der Waals surface area contributed by atoms with Crippen molar-refractivity contribution in [3.05, 3.63) is 0 Å². The molecule has 0 aromatic rings. The number of aliphatic hydroxyl groups excluding tert-OH is 2. The van der Waals surface area contributed by atoms with E-state index in [9.17, 15) is 10.2 Å². The van der Waals surface area contributed by atoms with Crippen LogP contribution in [0.5, 0.6) is 0 Å². The van der Waals surface area contributed by atoms with Gasteiger partial charge in [0.15, 0.2) is 11.5 Å². The third kappa shape index (κ3) is 4.41. The van der Waals surface area contributed by atoms with Crippen LogP contribution in [0, 0.1) is 5.41 Å². The van der Waals surface area contributed by atoms with Crippen molar-refractivity contribution in [3.63, 3.8) is 0 Å². The molecule has 5 atom stereocenters. The molecule has 0 amide bonds. The number of aliphatic hydroxyl groups is 2. The Labute approximate surface area is 132 Å². The van der Waals surface area contributed by atoms with Crippen molar-refractivity contribution in [2.24, 2.45) is 5.73 Å². The van der Waals surface area contributed by atoms with Gasteiger partial charge < -0.3 is 30.2 Å². The Bertz CT molecular complexity index is 310. The number of nitrogens with two attached hydrogens (primary N) is 1. The molecule has 0 radical (unpaired) electrons. The van der Waals surface area contributed by atoms with E-state index in [1.165, 1.54) is 0 Å². The van der Waals surface area contributed by atoms with Crippen molar-refractivity contribution in [2.45, 2.75) is 37.1 Å². The highest BCUT2D eigenvalue weighted by atomic mass is 127. The van der Waals surface area contributed by atoms with E-state index in [0.29, 0.717) is 25.4 Å². The van der Waals surface area contributed by atoms with Crippen LogP contribution in [-0.4, -0.2) is 65.1 Å². The van der Waals surface area contributed by atoms with E-state index in [1.807, 2.05) is 0 Å². The number of thioether (sulfide) groups is 1. The van der Waals surface area contributed by atoms with Crippen LogP contribution in [0.3, 0.4) is 0 Å². The lowest BCUT2D eigenvalue weighted by Crippen LogP contribution is -2.59. The van der Waals surface area contributed by atoms with E-state index in [1.54, 1.807) is 0 Å². The van der Waals surface area contributed by atoms with Crippen LogP contribution in [0.25, 0.3) is 0 Å². The summed E-state index contributed by atoms with van der Waals surface area (Å²) in [6.45, 7) is 0.847. The van der Waals surface area contributed by atoms with Gasteiger partial charge in [-0.15, -0.1) is 24.0 Å². The highest BCUT2D eigenvalue weighted by Gasteiger charge is 2.46. The van der Waals surface area contributed by atoms with Crippen molar-refractivity contribution >= 4 is 40.9 Å². The lowest BCUT2D eigenvalue weighted by atomic mass is 10.00. The van der Waals surface area contributed by atoms with Crippen LogP contribution in [0.4, 0.5) is 0 Å². The molecule has 3 heterocycles. The van der Waals surface area contributed by atoms with Crippen molar-refractivity contribution in [2.75, 3.05) is 19.0 Å². The van der Waals surface area contributed by atoms with Crippen molar-refractivity contribution < 1.29 is 24.4 Å². The Morgan fingerprint density at radius 3 is 2.63 bits per heavy atom. The van der Waals surface area contributed by atoms with Gasteiger partial charge in [-0.1, -0.05) is 11.8 Å². The molecular formula is C10H19IN2O5S. The molecule has 0 aromatic carbocycles. The van der Waals surface area contributed by atoms with Crippen LogP contribution in [0.1, 0.15) is 6.42 Å². The number of nitrogens with one attached hydrogen (secondary N) is 1. The predicted molar refractivity (Wildman–Crippen MR) is 80.8 cm³/mol. The summed E-state index contributed by atoms with van der Waals surface area (Å²) in [5.41, 5.74) is 5.28. The lowest BCUT2D eigenvalue weighted by Gasteiger charge is -2.41. The molecule has 19 heavy (non-hydrogen) atoms. The molecule has 9 heteroatoms. The lowest BCUT2D eigenvalue weighted by molar-refractivity contribution is -0.289. The third-order valence-electron chi connectivity index (χ3n) is 2.92. The standard InChI is InChI=1S/C10H18N2O5S.HI/c11-10(12)18-4-5-8-6(13)7(14)9(17-5)16-3-1-2-15-8;/h5-9,13-14H,1-4H2,(H3,11,12);1H. The van der Waals surface area contributed by atoms with Gasteiger partial charge in [0.1, 0.15) is 18.3 Å². The molecule has 7 nitrogen and oxygen atoms in total. The number of rotatable bonds is 2. The first-order valence-corrected chi connectivity index (χ1v) is 6.80. The summed E-state index contributed by atoms with van der Waals surface area (Å²) in [6.07, 6.45) is -3.42. The van der Waals surface area contributed by atoms with Crippen LogP contribution in [0.15, 0.2) is 0 Å². The molecular weight excluding hydrogens is 387 g/mol. The zero-order valence-electron chi connectivity index (χ0n) is 10.2. The average molecular weight is 406 g/mol. The Balaban J connectivity index is 0.00000180. The third-order valence-corrected chi connectivity index (χ3v) is 3.73. The fraction of sp³-hybridized carbons (Fsp3) is 0.900. The van der Waals surface area contributed by atoms with E-state index in [4.69, 9.17) is 25.4 Å². The molecule has 3 fully saturated rings. The zero-order valence-corrected chi connectivity index (χ0v) is 13.4. The number of hydrogen-bond donors (Lipinski definition) is 4. The molecule has 0 aromatic heterocycles. The van der Waals surface area contributed by atoms with Gasteiger partial charge in [-0.25, -0.2) is 0 Å². The van der Waals surface area contributed by atoms with Crippen LogP contribution < -0.4 is 5.73 Å². The second kappa shape index (κ2) is 7.96. The van der Waals surface area contributed by atoms with E-state index in [0.717, 1.165) is 11.8 Å². The van der Waals surface area contributed by atoms with Gasteiger partial charge in [-0.2, -0.15) is 0 Å². The van der Waals surface area contributed by atoms with Gasteiger partial charge >= 0.3 is 0 Å². The number of amidine groups is 1. The van der Waals surface area contributed by atoms with Crippen molar-refractivity contribution in [1.82, 2.24) is 0 Å². The van der Waals surface area contributed by atoms with Gasteiger partial charge in [0, 0.05) is 12.4 Å². The smallest absolute Gasteiger partial charge is 0.186 e. The van der Waals surface area contributed by atoms with Crippen LogP contribution >= 0.6 is 35.7 Å². The quantitative estimate of drug-likeness (QED) is 0.277. The molecule has 0 spiro atoms. The highest BCUT2D eigenvalue weighted by Crippen LogP contribution is 2.28. The summed E-state index contributed by atoms with van der Waals surface area (Å²) in [5, 5.41) is 27.0. The summed E-state index contributed by atoms with van der Waals surface area (Å²) in [5.74, 6) is 0.379. The SMILES string of the molecule is I.N=C(N)SCC1OC2OCCCOC1C(O)C2O. The monoisotopic (exact) mass is 406 g/mol. The molecule has 112 valence electrons. The number of ether oxygens (including phenoxy) is 3. The van der Waals surface area contributed by atoms with E-state index < -0.39 is 30.7 Å². The molecule has 3 aliphatic heterocycles. The Morgan fingerprint density at radius 1 is 1.26 bits per heavy atom. The second-order valence-electron chi connectivity index (χ2n) is 4.26. The van der Waals surface area contributed by atoms with Crippen LogP contribution in [0.2, 0.25) is 0 Å². The van der Waals surface area contributed by atoms with E-state index >= 15 is 0 Å². The molecule has 3 aliphatic rings. The predicted octanol–water partition coefficient (Wildman–Crippen LogP) is -0.517. The Hall–Kier alpha value is 0.350. The van der Waals surface area contributed by atoms with Gasteiger partial charge in [0.05, 0.1) is 12.7 Å². The Kier molecular flexibility index (Phi) is 7.29. The van der Waals surface area contributed by atoms with Crippen molar-refractivity contribution in [3.8, 4) is 0 Å².